The third kappa shape index (κ3) is 7.64. The Bertz CT molecular complexity index is 766. The van der Waals surface area contributed by atoms with Crippen molar-refractivity contribution < 1.29 is 9.66 Å². The van der Waals surface area contributed by atoms with E-state index in [0.29, 0.717) is 32.2 Å². The molecule has 0 bridgehead atoms. The number of benzene rings is 2. The van der Waals surface area contributed by atoms with E-state index in [1.807, 2.05) is 24.3 Å². The van der Waals surface area contributed by atoms with Gasteiger partial charge in [-0.3, -0.25) is 10.1 Å². The molecule has 2 N–H and O–H groups in total. The summed E-state index contributed by atoms with van der Waals surface area (Å²) in [4.78, 5) is 14.8. The van der Waals surface area contributed by atoms with Crippen LogP contribution in [0.4, 0.5) is 5.69 Å². The van der Waals surface area contributed by atoms with Crippen LogP contribution >= 0.6 is 11.6 Å². The number of hydrogen-bond donors (Lipinski definition) is 2. The van der Waals surface area contributed by atoms with Gasteiger partial charge in [0.25, 0.3) is 5.69 Å². The third-order valence-electron chi connectivity index (χ3n) is 3.76. The molecule has 0 spiro atoms. The van der Waals surface area contributed by atoms with Gasteiger partial charge in [0.1, 0.15) is 0 Å². The summed E-state index contributed by atoms with van der Waals surface area (Å²) in [6.45, 7) is 2.29. The summed E-state index contributed by atoms with van der Waals surface area (Å²) in [5.41, 5.74) is 2.10. The lowest BCUT2D eigenvalue weighted by Gasteiger charge is -2.12. The molecule has 0 amide bonds. The lowest BCUT2D eigenvalue weighted by atomic mass is 10.1. The molecule has 2 aromatic carbocycles. The molecule has 2 aromatic rings. The fourth-order valence-electron chi connectivity index (χ4n) is 2.36. The number of aliphatic imine (C=N–C) groups is 1. The van der Waals surface area contributed by atoms with E-state index >= 15 is 0 Å². The van der Waals surface area contributed by atoms with Crippen LogP contribution in [0.15, 0.2) is 53.5 Å². The summed E-state index contributed by atoms with van der Waals surface area (Å²) in [6.07, 6.45) is 0.809. The summed E-state index contributed by atoms with van der Waals surface area (Å²) in [5, 5.41) is 17.9. The highest BCUT2D eigenvalue weighted by molar-refractivity contribution is 6.30. The van der Waals surface area contributed by atoms with Gasteiger partial charge in [-0.1, -0.05) is 35.9 Å². The third-order valence-corrected chi connectivity index (χ3v) is 4.00. The Labute approximate surface area is 163 Å². The average Bonchev–Trinajstić information content (AvgIpc) is 2.66. The first-order valence-corrected chi connectivity index (χ1v) is 8.95. The number of methoxy groups -OCH3 is 1. The Kier molecular flexibility index (Phi) is 8.54. The Morgan fingerprint density at radius 1 is 1.15 bits per heavy atom. The summed E-state index contributed by atoms with van der Waals surface area (Å²) in [7, 11) is 1.64. The molecule has 8 heteroatoms. The van der Waals surface area contributed by atoms with Crippen molar-refractivity contribution in [1.29, 1.82) is 0 Å². The molecule has 0 unspecified atom stereocenters. The van der Waals surface area contributed by atoms with Crippen molar-refractivity contribution in [1.82, 2.24) is 10.6 Å². The summed E-state index contributed by atoms with van der Waals surface area (Å²) in [5.74, 6) is 0.660. The van der Waals surface area contributed by atoms with E-state index in [1.54, 1.807) is 19.2 Å². The number of nitro benzene ring substituents is 1. The fourth-order valence-corrected chi connectivity index (χ4v) is 2.57. The first-order chi connectivity index (χ1) is 13.1. The largest absolute Gasteiger partial charge is 0.383 e. The highest BCUT2D eigenvalue weighted by Crippen LogP contribution is 2.12. The van der Waals surface area contributed by atoms with Crippen molar-refractivity contribution in [2.24, 2.45) is 4.99 Å². The highest BCUT2D eigenvalue weighted by atomic mass is 35.5. The number of nitro groups is 1. The minimum Gasteiger partial charge on any atom is -0.383 e. The molecule has 0 saturated heterocycles. The number of nitrogens with zero attached hydrogens (tertiary/aromatic N) is 2. The SMILES string of the molecule is COCCNC(=NCc1ccc([N+](=O)[O-])cc1)NCCc1cccc(Cl)c1. The maximum atomic E-state index is 10.7. The smallest absolute Gasteiger partial charge is 0.269 e. The second kappa shape index (κ2) is 11.2. The van der Waals surface area contributed by atoms with Crippen LogP contribution in [0, 0.1) is 10.1 Å². The van der Waals surface area contributed by atoms with Gasteiger partial charge in [0, 0.05) is 37.4 Å². The van der Waals surface area contributed by atoms with Gasteiger partial charge in [-0.15, -0.1) is 0 Å². The number of hydrogen-bond acceptors (Lipinski definition) is 4. The Hall–Kier alpha value is -2.64. The molecule has 0 atom stereocenters. The van der Waals surface area contributed by atoms with Gasteiger partial charge in [-0.05, 0) is 29.7 Å². The van der Waals surface area contributed by atoms with Gasteiger partial charge in [-0.25, -0.2) is 4.99 Å². The average molecular weight is 391 g/mol. The molecule has 0 aliphatic heterocycles. The molecule has 0 heterocycles. The van der Waals surface area contributed by atoms with Gasteiger partial charge in [0.2, 0.25) is 0 Å². The van der Waals surface area contributed by atoms with E-state index in [9.17, 15) is 10.1 Å². The monoisotopic (exact) mass is 390 g/mol. The van der Waals surface area contributed by atoms with E-state index in [0.717, 1.165) is 22.6 Å². The number of nitrogens with one attached hydrogen (secondary N) is 2. The first kappa shape index (κ1) is 20.7. The maximum absolute atomic E-state index is 10.7. The number of rotatable bonds is 9. The topological polar surface area (TPSA) is 88.8 Å². The molecule has 144 valence electrons. The maximum Gasteiger partial charge on any atom is 0.269 e. The molecule has 2 rings (SSSR count). The number of non-ortho nitro benzene ring substituents is 1. The molecule has 0 aliphatic carbocycles. The van der Waals surface area contributed by atoms with Crippen molar-refractivity contribution in [3.63, 3.8) is 0 Å². The minimum absolute atomic E-state index is 0.0702. The van der Waals surface area contributed by atoms with Crippen LogP contribution in [0.1, 0.15) is 11.1 Å². The van der Waals surface area contributed by atoms with E-state index < -0.39 is 4.92 Å². The highest BCUT2D eigenvalue weighted by Gasteiger charge is 2.04. The summed E-state index contributed by atoms with van der Waals surface area (Å²) >= 11 is 6.01. The van der Waals surface area contributed by atoms with Crippen molar-refractivity contribution in [3.05, 3.63) is 74.8 Å². The van der Waals surface area contributed by atoms with Crippen LogP contribution in [0.2, 0.25) is 5.02 Å². The Balaban J connectivity index is 1.93. The normalized spacial score (nSPS) is 11.3. The number of halogens is 1. The van der Waals surface area contributed by atoms with Gasteiger partial charge in [-0.2, -0.15) is 0 Å². The van der Waals surface area contributed by atoms with Crippen molar-refractivity contribution in [2.45, 2.75) is 13.0 Å². The lowest BCUT2D eigenvalue weighted by molar-refractivity contribution is -0.384. The molecule has 0 saturated carbocycles. The molecular formula is C19H23ClN4O3. The van der Waals surface area contributed by atoms with Crippen LogP contribution in [0.5, 0.6) is 0 Å². The predicted octanol–water partition coefficient (Wildman–Crippen LogP) is 3.17. The molecular weight excluding hydrogens is 368 g/mol. The van der Waals surface area contributed by atoms with E-state index in [-0.39, 0.29) is 5.69 Å². The van der Waals surface area contributed by atoms with Crippen LogP contribution < -0.4 is 10.6 Å². The molecule has 27 heavy (non-hydrogen) atoms. The van der Waals surface area contributed by atoms with E-state index in [4.69, 9.17) is 16.3 Å². The van der Waals surface area contributed by atoms with E-state index in [2.05, 4.69) is 15.6 Å². The van der Waals surface area contributed by atoms with Crippen LogP contribution in [-0.4, -0.2) is 37.7 Å². The fraction of sp³-hybridized carbons (Fsp3) is 0.316. The Morgan fingerprint density at radius 2 is 1.89 bits per heavy atom. The molecule has 7 nitrogen and oxygen atoms in total. The summed E-state index contributed by atoms with van der Waals surface area (Å²) < 4.78 is 5.05. The van der Waals surface area contributed by atoms with Gasteiger partial charge >= 0.3 is 0 Å². The second-order valence-electron chi connectivity index (χ2n) is 5.81. The van der Waals surface area contributed by atoms with Crippen LogP contribution in [0.3, 0.4) is 0 Å². The zero-order chi connectivity index (χ0) is 19.5. The number of guanidine groups is 1. The van der Waals surface area contributed by atoms with E-state index in [1.165, 1.54) is 12.1 Å². The molecule has 0 aromatic heterocycles. The zero-order valence-electron chi connectivity index (χ0n) is 15.2. The predicted molar refractivity (Wildman–Crippen MR) is 107 cm³/mol. The minimum atomic E-state index is -0.415. The summed E-state index contributed by atoms with van der Waals surface area (Å²) in [6, 6.07) is 14.1. The van der Waals surface area contributed by atoms with Gasteiger partial charge < -0.3 is 15.4 Å². The quantitative estimate of drug-likeness (QED) is 0.226. The van der Waals surface area contributed by atoms with Crippen molar-refractivity contribution >= 4 is 23.2 Å². The van der Waals surface area contributed by atoms with Crippen molar-refractivity contribution in [3.8, 4) is 0 Å². The van der Waals surface area contributed by atoms with Gasteiger partial charge in [0.15, 0.2) is 5.96 Å². The molecule has 0 fully saturated rings. The standard InChI is InChI=1S/C19H23ClN4O3/c1-27-12-11-22-19(21-10-9-15-3-2-4-17(20)13-15)23-14-16-5-7-18(8-6-16)24(25)26/h2-8,13H,9-12,14H2,1H3,(H2,21,22,23). The lowest BCUT2D eigenvalue weighted by Crippen LogP contribution is -2.40. The molecule has 0 radical (unpaired) electrons. The van der Waals surface area contributed by atoms with Gasteiger partial charge in [0.05, 0.1) is 18.1 Å². The first-order valence-electron chi connectivity index (χ1n) is 8.57. The van der Waals surface area contributed by atoms with Crippen LogP contribution in [-0.2, 0) is 17.7 Å². The van der Waals surface area contributed by atoms with Crippen molar-refractivity contribution in [2.75, 3.05) is 26.8 Å². The number of ether oxygens (including phenoxy) is 1. The Morgan fingerprint density at radius 3 is 2.56 bits per heavy atom. The molecule has 0 aliphatic rings. The van der Waals surface area contributed by atoms with Crippen LogP contribution in [0.25, 0.3) is 0 Å². The zero-order valence-corrected chi connectivity index (χ0v) is 15.9. The second-order valence-corrected chi connectivity index (χ2v) is 6.25.